The summed E-state index contributed by atoms with van der Waals surface area (Å²) in [6.45, 7) is 0. The van der Waals surface area contributed by atoms with Crippen molar-refractivity contribution in [3.63, 3.8) is 0 Å². The summed E-state index contributed by atoms with van der Waals surface area (Å²) in [6.07, 6.45) is 0. The molecule has 0 fully saturated rings. The van der Waals surface area contributed by atoms with Crippen LogP contribution in [0.3, 0.4) is 0 Å². The predicted octanol–water partition coefficient (Wildman–Crippen LogP) is 3.94. The molecule has 5 heteroatoms. The first-order valence-electron chi connectivity index (χ1n) is 3.34. The lowest BCUT2D eigenvalue weighted by molar-refractivity contribution is 0.182. The van der Waals surface area contributed by atoms with Gasteiger partial charge in [0.1, 0.15) is 4.20 Å². The quantitative estimate of drug-likeness (QED) is 0.435. The molecule has 1 aromatic rings. The molecule has 0 unspecified atom stereocenters. The first kappa shape index (κ1) is 10.9. The Labute approximate surface area is 89.3 Å². The maximum atomic E-state index is 12.4. The van der Waals surface area contributed by atoms with Crippen molar-refractivity contribution in [3.8, 4) is 0 Å². The summed E-state index contributed by atoms with van der Waals surface area (Å²) in [7, 11) is 0. The molecular formula is C8H5ClF2S2. The molecule has 0 aliphatic heterocycles. The summed E-state index contributed by atoms with van der Waals surface area (Å²) in [5, 5.41) is -3.42. The SMILES string of the molecule is FC(F)(Cl)C(=S)Sc1ccccc1. The van der Waals surface area contributed by atoms with E-state index < -0.39 is 9.58 Å². The highest BCUT2D eigenvalue weighted by Crippen LogP contribution is 2.32. The summed E-state index contributed by atoms with van der Waals surface area (Å²) in [5.74, 6) is 0. The zero-order chi connectivity index (χ0) is 9.90. The minimum absolute atomic E-state index is 0.527. The van der Waals surface area contributed by atoms with Crippen LogP contribution in [-0.2, 0) is 0 Å². The van der Waals surface area contributed by atoms with Gasteiger partial charge in [0.15, 0.2) is 0 Å². The summed E-state index contributed by atoms with van der Waals surface area (Å²) in [4.78, 5) is 0.660. The van der Waals surface area contributed by atoms with E-state index in [1.807, 2.05) is 0 Å². The van der Waals surface area contributed by atoms with Gasteiger partial charge in [-0.05, 0) is 23.7 Å². The molecule has 0 spiro atoms. The van der Waals surface area contributed by atoms with Crippen molar-refractivity contribution >= 4 is 39.8 Å². The standard InChI is InChI=1S/C8H5ClF2S2/c9-8(10,11)7(12)13-6-4-2-1-3-5-6/h1-5H. The Morgan fingerprint density at radius 2 is 1.85 bits per heavy atom. The Kier molecular flexibility index (Phi) is 3.64. The van der Waals surface area contributed by atoms with Gasteiger partial charge in [-0.15, -0.1) is 0 Å². The molecule has 0 radical (unpaired) electrons. The summed E-state index contributed by atoms with van der Waals surface area (Å²) < 4.78 is 24.3. The number of rotatable bonds is 2. The van der Waals surface area contributed by atoms with Crippen LogP contribution in [0.2, 0.25) is 0 Å². The Morgan fingerprint density at radius 3 is 2.31 bits per heavy atom. The predicted molar refractivity (Wildman–Crippen MR) is 55.7 cm³/mol. The molecule has 1 aromatic carbocycles. The molecule has 1 rings (SSSR count). The van der Waals surface area contributed by atoms with Crippen LogP contribution in [0, 0.1) is 0 Å². The van der Waals surface area contributed by atoms with Gasteiger partial charge in [-0.1, -0.05) is 42.2 Å². The van der Waals surface area contributed by atoms with E-state index in [2.05, 4.69) is 12.2 Å². The lowest BCUT2D eigenvalue weighted by Crippen LogP contribution is -2.15. The molecule has 70 valence electrons. The number of hydrogen-bond acceptors (Lipinski definition) is 2. The van der Waals surface area contributed by atoms with E-state index >= 15 is 0 Å². The molecule has 0 saturated heterocycles. The lowest BCUT2D eigenvalue weighted by atomic mass is 10.4. The Morgan fingerprint density at radius 1 is 1.31 bits per heavy atom. The highest BCUT2D eigenvalue weighted by Gasteiger charge is 2.31. The van der Waals surface area contributed by atoms with E-state index in [1.54, 1.807) is 30.3 Å². The summed E-state index contributed by atoms with van der Waals surface area (Å²) in [5.41, 5.74) is 0. The summed E-state index contributed by atoms with van der Waals surface area (Å²) >= 11 is 9.99. The number of benzene rings is 1. The highest BCUT2D eigenvalue weighted by atomic mass is 35.5. The number of alkyl halides is 3. The van der Waals surface area contributed by atoms with Crippen LogP contribution in [0.4, 0.5) is 8.78 Å². The van der Waals surface area contributed by atoms with E-state index in [0.717, 1.165) is 11.8 Å². The molecule has 0 atom stereocenters. The molecule has 0 heterocycles. The van der Waals surface area contributed by atoms with Crippen molar-refractivity contribution < 1.29 is 8.78 Å². The number of thiocarbonyl (C=S) groups is 1. The second-order valence-electron chi connectivity index (χ2n) is 2.20. The highest BCUT2D eigenvalue weighted by molar-refractivity contribution is 8.23. The van der Waals surface area contributed by atoms with Gasteiger partial charge in [-0.25, -0.2) is 0 Å². The molecule has 0 amide bonds. The molecule has 0 N–H and O–H groups in total. The van der Waals surface area contributed by atoms with E-state index in [9.17, 15) is 8.78 Å². The van der Waals surface area contributed by atoms with Crippen molar-refractivity contribution in [1.29, 1.82) is 0 Å². The first-order chi connectivity index (χ1) is 6.00. The Balaban J connectivity index is 2.66. The fraction of sp³-hybridized carbons (Fsp3) is 0.125. The third-order valence-corrected chi connectivity index (χ3v) is 3.05. The second kappa shape index (κ2) is 4.35. The maximum absolute atomic E-state index is 12.4. The van der Waals surface area contributed by atoms with E-state index in [1.165, 1.54) is 0 Å². The molecule has 13 heavy (non-hydrogen) atoms. The van der Waals surface area contributed by atoms with E-state index in [4.69, 9.17) is 11.6 Å². The van der Waals surface area contributed by atoms with Crippen LogP contribution >= 0.6 is 35.6 Å². The van der Waals surface area contributed by atoms with Crippen molar-refractivity contribution in [2.24, 2.45) is 0 Å². The van der Waals surface area contributed by atoms with Crippen LogP contribution in [0.15, 0.2) is 35.2 Å². The molecule has 0 aliphatic rings. The average molecular weight is 239 g/mol. The number of halogens is 3. The van der Waals surface area contributed by atoms with Crippen molar-refractivity contribution in [2.75, 3.05) is 0 Å². The van der Waals surface area contributed by atoms with Crippen molar-refractivity contribution in [2.45, 2.75) is 10.3 Å². The minimum Gasteiger partial charge on any atom is -0.182 e. The summed E-state index contributed by atoms with van der Waals surface area (Å²) in [6, 6.07) is 8.68. The van der Waals surface area contributed by atoms with Crippen molar-refractivity contribution in [3.05, 3.63) is 30.3 Å². The van der Waals surface area contributed by atoms with Gasteiger partial charge in [0.05, 0.1) is 0 Å². The molecule has 0 saturated carbocycles. The van der Waals surface area contributed by atoms with Crippen LogP contribution in [-0.4, -0.2) is 9.58 Å². The fourth-order valence-corrected chi connectivity index (χ4v) is 1.68. The number of hydrogen-bond donors (Lipinski definition) is 0. The van der Waals surface area contributed by atoms with Gasteiger partial charge in [0.2, 0.25) is 0 Å². The van der Waals surface area contributed by atoms with Gasteiger partial charge in [0, 0.05) is 4.90 Å². The van der Waals surface area contributed by atoms with Gasteiger partial charge in [0.25, 0.3) is 0 Å². The largest absolute Gasteiger partial charge is 0.364 e. The van der Waals surface area contributed by atoms with Gasteiger partial charge in [-0.2, -0.15) is 8.78 Å². The van der Waals surface area contributed by atoms with E-state index in [0.29, 0.717) is 4.90 Å². The van der Waals surface area contributed by atoms with Gasteiger partial charge in [-0.3, -0.25) is 0 Å². The molecule has 0 aromatic heterocycles. The van der Waals surface area contributed by atoms with E-state index in [-0.39, 0.29) is 0 Å². The Hall–Kier alpha value is -0.190. The Bertz CT molecular complexity index is 295. The normalized spacial score (nSPS) is 11.3. The number of thioether (sulfide) groups is 1. The van der Waals surface area contributed by atoms with Gasteiger partial charge < -0.3 is 0 Å². The second-order valence-corrected chi connectivity index (χ2v) is 4.43. The van der Waals surface area contributed by atoms with Crippen LogP contribution in [0.5, 0.6) is 0 Å². The van der Waals surface area contributed by atoms with Crippen LogP contribution in [0.25, 0.3) is 0 Å². The van der Waals surface area contributed by atoms with Crippen LogP contribution < -0.4 is 0 Å². The van der Waals surface area contributed by atoms with Gasteiger partial charge >= 0.3 is 5.38 Å². The molecule has 0 bridgehead atoms. The third-order valence-electron chi connectivity index (χ3n) is 1.19. The third kappa shape index (κ3) is 3.58. The van der Waals surface area contributed by atoms with Crippen LogP contribution in [0.1, 0.15) is 0 Å². The smallest absolute Gasteiger partial charge is 0.182 e. The zero-order valence-corrected chi connectivity index (χ0v) is 8.73. The maximum Gasteiger partial charge on any atom is 0.364 e. The zero-order valence-electron chi connectivity index (χ0n) is 6.34. The fourth-order valence-electron chi connectivity index (χ4n) is 0.653. The monoisotopic (exact) mass is 238 g/mol. The molecular weight excluding hydrogens is 234 g/mol. The minimum atomic E-state index is -3.42. The lowest BCUT2D eigenvalue weighted by Gasteiger charge is -2.08. The topological polar surface area (TPSA) is 0 Å². The average Bonchev–Trinajstić information content (AvgIpc) is 2.04. The van der Waals surface area contributed by atoms with Crippen molar-refractivity contribution in [1.82, 2.24) is 0 Å². The first-order valence-corrected chi connectivity index (χ1v) is 4.94. The molecule has 0 nitrogen and oxygen atoms in total. The molecule has 0 aliphatic carbocycles.